The molecule has 2 aromatic rings. The molecule has 6 heteroatoms. The molecule has 1 aliphatic carbocycles. The topological polar surface area (TPSA) is 55.8 Å². The van der Waals surface area contributed by atoms with Gasteiger partial charge in [0.05, 0.1) is 5.38 Å². The van der Waals surface area contributed by atoms with Crippen molar-refractivity contribution in [2.75, 3.05) is 19.8 Å². The van der Waals surface area contributed by atoms with E-state index in [-0.39, 0.29) is 36.8 Å². The number of benzene rings is 2. The Balaban J connectivity index is 1.36. The van der Waals surface area contributed by atoms with E-state index < -0.39 is 18.2 Å². The number of ketones is 1. The van der Waals surface area contributed by atoms with Crippen LogP contribution >= 0.6 is 11.6 Å². The largest absolute Gasteiger partial charge is 0.448 e. The molecule has 2 aromatic carbocycles. The van der Waals surface area contributed by atoms with Gasteiger partial charge in [-0.2, -0.15) is 0 Å². The summed E-state index contributed by atoms with van der Waals surface area (Å²) in [5, 5.41) is -0.387. The summed E-state index contributed by atoms with van der Waals surface area (Å²) in [6, 6.07) is 15.7. The predicted molar refractivity (Wildman–Crippen MR) is 100.0 cm³/mol. The molecule has 3 atom stereocenters. The Bertz CT molecular complexity index is 884. The summed E-state index contributed by atoms with van der Waals surface area (Å²) >= 11 is 6.25. The maximum absolute atomic E-state index is 12.7. The first-order valence-electron chi connectivity index (χ1n) is 9.05. The lowest BCUT2D eigenvalue weighted by molar-refractivity contribution is -0.121. The minimum atomic E-state index is -0.622. The monoisotopic (exact) mass is 383 g/mol. The van der Waals surface area contributed by atoms with Gasteiger partial charge in [0, 0.05) is 12.5 Å². The highest BCUT2D eigenvalue weighted by atomic mass is 35.5. The lowest BCUT2D eigenvalue weighted by Gasteiger charge is -2.22. The number of likely N-dealkylation sites (tertiary alicyclic amines) is 1. The minimum Gasteiger partial charge on any atom is -0.448 e. The summed E-state index contributed by atoms with van der Waals surface area (Å²) in [4.78, 5) is 26.2. The van der Waals surface area contributed by atoms with Crippen molar-refractivity contribution in [1.82, 2.24) is 4.90 Å². The van der Waals surface area contributed by atoms with Crippen molar-refractivity contribution in [3.63, 3.8) is 0 Å². The van der Waals surface area contributed by atoms with Crippen molar-refractivity contribution >= 4 is 23.5 Å². The van der Waals surface area contributed by atoms with E-state index in [1.165, 1.54) is 16.0 Å². The highest BCUT2D eigenvalue weighted by Gasteiger charge is 2.52. The Morgan fingerprint density at radius 2 is 1.74 bits per heavy atom. The molecule has 1 amide bonds. The van der Waals surface area contributed by atoms with Gasteiger partial charge in [-0.25, -0.2) is 4.79 Å². The maximum Gasteiger partial charge on any atom is 0.410 e. The van der Waals surface area contributed by atoms with Gasteiger partial charge in [0.15, 0.2) is 5.78 Å². The van der Waals surface area contributed by atoms with Crippen LogP contribution in [-0.2, 0) is 14.3 Å². The van der Waals surface area contributed by atoms with E-state index in [2.05, 4.69) is 24.3 Å². The fourth-order valence-corrected chi connectivity index (χ4v) is 4.82. The standard InChI is InChI=1S/C21H18ClNO4/c22-17-9-23(19-18(24)11-26-20(17)19)21(25)27-10-16-14-7-3-1-5-12(14)13-6-2-4-8-15(13)16/h1-8,16-17,19-20H,9-11H2/t17-,19-,20-/m1/s1. The molecule has 0 radical (unpaired) electrons. The van der Waals surface area contributed by atoms with Crippen molar-refractivity contribution in [3.8, 4) is 11.1 Å². The summed E-state index contributed by atoms with van der Waals surface area (Å²) in [5.74, 6) is -0.126. The molecule has 5 nitrogen and oxygen atoms in total. The van der Waals surface area contributed by atoms with Crippen LogP contribution in [0.25, 0.3) is 11.1 Å². The number of fused-ring (bicyclic) bond motifs is 4. The van der Waals surface area contributed by atoms with E-state index in [1.54, 1.807) is 0 Å². The van der Waals surface area contributed by atoms with Crippen LogP contribution in [-0.4, -0.2) is 54.1 Å². The molecule has 27 heavy (non-hydrogen) atoms. The molecule has 0 N–H and O–H groups in total. The molecule has 3 aliphatic rings. The average Bonchev–Trinajstić information content (AvgIpc) is 3.33. The summed E-state index contributed by atoms with van der Waals surface area (Å²) < 4.78 is 11.1. The van der Waals surface area contributed by atoms with Gasteiger partial charge < -0.3 is 9.47 Å². The number of amides is 1. The molecule has 5 rings (SSSR count). The highest BCUT2D eigenvalue weighted by Crippen LogP contribution is 2.44. The quantitative estimate of drug-likeness (QED) is 0.747. The van der Waals surface area contributed by atoms with Gasteiger partial charge in [0.1, 0.15) is 25.4 Å². The molecule has 0 spiro atoms. The number of carbonyl (C=O) groups is 2. The Morgan fingerprint density at radius 1 is 1.11 bits per heavy atom. The number of hydrogen-bond acceptors (Lipinski definition) is 4. The number of rotatable bonds is 2. The number of nitrogens with zero attached hydrogens (tertiary/aromatic N) is 1. The molecule has 2 aliphatic heterocycles. The van der Waals surface area contributed by atoms with E-state index in [9.17, 15) is 9.59 Å². The molecule has 138 valence electrons. The first-order chi connectivity index (χ1) is 13.1. The SMILES string of the molecule is O=C1CO[C@@H]2[C@H](Cl)CN(C(=O)OCC3c4ccccc4-c4ccccc43)[C@H]12. The van der Waals surface area contributed by atoms with Gasteiger partial charge in [0.25, 0.3) is 0 Å². The van der Waals surface area contributed by atoms with Gasteiger partial charge in [-0.1, -0.05) is 48.5 Å². The molecule has 0 saturated carbocycles. The summed E-state index contributed by atoms with van der Waals surface area (Å²) in [6.07, 6.45) is -0.937. The van der Waals surface area contributed by atoms with E-state index in [4.69, 9.17) is 21.1 Å². The van der Waals surface area contributed by atoms with Gasteiger partial charge >= 0.3 is 6.09 Å². The van der Waals surface area contributed by atoms with Crippen molar-refractivity contribution in [1.29, 1.82) is 0 Å². The molecule has 2 fully saturated rings. The Labute approximate surface area is 161 Å². The first kappa shape index (κ1) is 16.8. The molecule has 2 heterocycles. The van der Waals surface area contributed by atoms with Crippen LogP contribution in [0.4, 0.5) is 4.79 Å². The molecular formula is C21H18ClNO4. The van der Waals surface area contributed by atoms with Crippen molar-refractivity contribution in [2.24, 2.45) is 0 Å². The number of ether oxygens (including phenoxy) is 2. The van der Waals surface area contributed by atoms with Crippen LogP contribution in [0.2, 0.25) is 0 Å². The zero-order valence-corrected chi connectivity index (χ0v) is 15.3. The van der Waals surface area contributed by atoms with Gasteiger partial charge in [0.2, 0.25) is 0 Å². The molecule has 0 aromatic heterocycles. The third-order valence-corrected chi connectivity index (χ3v) is 6.08. The molecular weight excluding hydrogens is 366 g/mol. The van der Waals surface area contributed by atoms with Crippen LogP contribution in [0, 0.1) is 0 Å². The van der Waals surface area contributed by atoms with E-state index in [0.29, 0.717) is 0 Å². The highest BCUT2D eigenvalue weighted by molar-refractivity contribution is 6.22. The second-order valence-corrected chi connectivity index (χ2v) is 7.72. The second kappa shape index (κ2) is 6.36. The molecule has 0 bridgehead atoms. The van der Waals surface area contributed by atoms with Crippen LogP contribution in [0.3, 0.4) is 0 Å². The summed E-state index contributed by atoms with van der Waals surface area (Å²) in [5.41, 5.74) is 4.66. The number of Topliss-reactive ketones (excluding diaryl/α,β-unsaturated/α-hetero) is 1. The van der Waals surface area contributed by atoms with Crippen molar-refractivity contribution in [3.05, 3.63) is 59.7 Å². The van der Waals surface area contributed by atoms with E-state index in [1.807, 2.05) is 24.3 Å². The van der Waals surface area contributed by atoms with Gasteiger partial charge in [-0.05, 0) is 22.3 Å². The normalized spacial score (nSPS) is 26.0. The first-order valence-corrected chi connectivity index (χ1v) is 9.49. The van der Waals surface area contributed by atoms with E-state index in [0.717, 1.165) is 11.1 Å². The fourth-order valence-electron chi connectivity index (χ4n) is 4.46. The van der Waals surface area contributed by atoms with Crippen molar-refractivity contribution < 1.29 is 19.1 Å². The Morgan fingerprint density at radius 3 is 2.41 bits per heavy atom. The van der Waals surface area contributed by atoms with Crippen LogP contribution in [0.1, 0.15) is 17.0 Å². The van der Waals surface area contributed by atoms with Gasteiger partial charge in [-0.15, -0.1) is 11.6 Å². The van der Waals surface area contributed by atoms with E-state index >= 15 is 0 Å². The third kappa shape index (κ3) is 2.57. The van der Waals surface area contributed by atoms with Crippen LogP contribution in [0.15, 0.2) is 48.5 Å². The average molecular weight is 384 g/mol. The summed E-state index contributed by atoms with van der Waals surface area (Å²) in [6.45, 7) is 0.494. The van der Waals surface area contributed by atoms with Crippen LogP contribution in [0.5, 0.6) is 0 Å². The Kier molecular flexibility index (Phi) is 3.95. The lowest BCUT2D eigenvalue weighted by atomic mass is 9.98. The van der Waals surface area contributed by atoms with Gasteiger partial charge in [-0.3, -0.25) is 9.69 Å². The third-order valence-electron chi connectivity index (χ3n) is 5.69. The molecule has 2 saturated heterocycles. The van der Waals surface area contributed by atoms with Crippen LogP contribution < -0.4 is 0 Å². The predicted octanol–water partition coefficient (Wildman–Crippen LogP) is 3.20. The minimum absolute atomic E-state index is 0.00566. The zero-order chi connectivity index (χ0) is 18.5. The number of carbonyl (C=O) groups excluding carboxylic acids is 2. The Hall–Kier alpha value is -2.37. The fraction of sp³-hybridized carbons (Fsp3) is 0.333. The smallest absolute Gasteiger partial charge is 0.410 e. The maximum atomic E-state index is 12.7. The zero-order valence-electron chi connectivity index (χ0n) is 14.5. The lowest BCUT2D eigenvalue weighted by Crippen LogP contribution is -2.42. The number of alkyl halides is 1. The van der Waals surface area contributed by atoms with Crippen molar-refractivity contribution in [2.45, 2.75) is 23.4 Å². The number of halogens is 1. The number of hydrogen-bond donors (Lipinski definition) is 0. The molecule has 0 unspecified atom stereocenters. The summed E-state index contributed by atoms with van der Waals surface area (Å²) in [7, 11) is 0. The second-order valence-electron chi connectivity index (χ2n) is 7.16.